The maximum atomic E-state index is 12.7. The van der Waals surface area contributed by atoms with Gasteiger partial charge in [0.2, 0.25) is 0 Å². The van der Waals surface area contributed by atoms with Crippen LogP contribution in [0.2, 0.25) is 5.02 Å². The molecule has 0 aliphatic rings. The molecule has 6 heteroatoms. The minimum Gasteiger partial charge on any atom is -0.496 e. The smallest absolute Gasteiger partial charge is 0.353 e. The number of para-hydroxylation sites is 1. The van der Waals surface area contributed by atoms with Gasteiger partial charge in [0.1, 0.15) is 16.4 Å². The zero-order chi connectivity index (χ0) is 19.2. The summed E-state index contributed by atoms with van der Waals surface area (Å²) in [7, 11) is 1.56. The van der Waals surface area contributed by atoms with Crippen molar-refractivity contribution in [2.75, 3.05) is 7.11 Å². The highest BCUT2D eigenvalue weighted by atomic mass is 35.5. The van der Waals surface area contributed by atoms with Crippen LogP contribution in [0.25, 0.3) is 6.08 Å². The van der Waals surface area contributed by atoms with Crippen molar-refractivity contribution in [1.82, 2.24) is 0 Å². The summed E-state index contributed by atoms with van der Waals surface area (Å²) in [5.74, 6) is -0.0445. The number of allylic oxidation sites excluding steroid dienone is 1. The van der Waals surface area contributed by atoms with Crippen LogP contribution in [-0.4, -0.2) is 18.9 Å². The SMILES string of the molecule is COc1ccccc1C=CC(=O)c1cc(Cl)ccc1OC(=O)c1cccs1. The number of methoxy groups -OCH3 is 1. The molecule has 3 aromatic rings. The highest BCUT2D eigenvalue weighted by Crippen LogP contribution is 2.26. The largest absolute Gasteiger partial charge is 0.496 e. The van der Waals surface area contributed by atoms with Gasteiger partial charge in [0.05, 0.1) is 12.7 Å². The van der Waals surface area contributed by atoms with E-state index < -0.39 is 5.97 Å². The van der Waals surface area contributed by atoms with Gasteiger partial charge in [-0.3, -0.25) is 4.79 Å². The Kier molecular flexibility index (Phi) is 6.06. The van der Waals surface area contributed by atoms with Gasteiger partial charge in [-0.15, -0.1) is 11.3 Å². The molecule has 0 saturated heterocycles. The Bertz CT molecular complexity index is 993. The molecule has 0 amide bonds. The number of ketones is 1. The molecule has 4 nitrogen and oxygen atoms in total. The molecule has 136 valence electrons. The third kappa shape index (κ3) is 4.64. The van der Waals surface area contributed by atoms with Crippen molar-refractivity contribution < 1.29 is 19.1 Å². The predicted molar refractivity (Wildman–Crippen MR) is 107 cm³/mol. The molecule has 0 fully saturated rings. The second-order valence-electron chi connectivity index (χ2n) is 5.45. The van der Waals surface area contributed by atoms with Gasteiger partial charge < -0.3 is 9.47 Å². The summed E-state index contributed by atoms with van der Waals surface area (Å²) in [6.45, 7) is 0. The van der Waals surface area contributed by atoms with Crippen LogP contribution in [-0.2, 0) is 0 Å². The average molecular weight is 399 g/mol. The Morgan fingerprint density at radius 2 is 1.85 bits per heavy atom. The monoisotopic (exact) mass is 398 g/mol. The maximum absolute atomic E-state index is 12.7. The van der Waals surface area contributed by atoms with E-state index in [0.717, 1.165) is 5.56 Å². The van der Waals surface area contributed by atoms with E-state index in [1.54, 1.807) is 42.8 Å². The van der Waals surface area contributed by atoms with Crippen LogP contribution in [0.3, 0.4) is 0 Å². The summed E-state index contributed by atoms with van der Waals surface area (Å²) in [5.41, 5.74) is 0.964. The number of hydrogen-bond acceptors (Lipinski definition) is 5. The number of hydrogen-bond donors (Lipinski definition) is 0. The molecule has 0 spiro atoms. The molecule has 27 heavy (non-hydrogen) atoms. The summed E-state index contributed by atoms with van der Waals surface area (Å²) in [5, 5.41) is 2.15. The summed E-state index contributed by atoms with van der Waals surface area (Å²) >= 11 is 7.29. The summed E-state index contributed by atoms with van der Waals surface area (Å²) in [6.07, 6.45) is 3.04. The molecule has 1 heterocycles. The Hall–Kier alpha value is -2.89. The number of rotatable bonds is 6. The highest BCUT2D eigenvalue weighted by Gasteiger charge is 2.16. The van der Waals surface area contributed by atoms with Gasteiger partial charge in [0.25, 0.3) is 0 Å². The molecular formula is C21H15ClO4S. The van der Waals surface area contributed by atoms with Gasteiger partial charge in [0, 0.05) is 10.6 Å². The zero-order valence-corrected chi connectivity index (χ0v) is 15.9. The lowest BCUT2D eigenvalue weighted by atomic mass is 10.1. The summed E-state index contributed by atoms with van der Waals surface area (Å²) in [6, 6.07) is 15.3. The van der Waals surface area contributed by atoms with Gasteiger partial charge >= 0.3 is 5.97 Å². The number of carbonyl (C=O) groups is 2. The van der Waals surface area contributed by atoms with E-state index in [1.165, 1.54) is 29.5 Å². The van der Waals surface area contributed by atoms with Crippen molar-refractivity contribution in [3.8, 4) is 11.5 Å². The zero-order valence-electron chi connectivity index (χ0n) is 14.3. The van der Waals surface area contributed by atoms with Crippen LogP contribution in [0.15, 0.2) is 66.1 Å². The number of benzene rings is 2. The van der Waals surface area contributed by atoms with Crippen LogP contribution >= 0.6 is 22.9 Å². The molecule has 3 rings (SSSR count). The Labute approximate surface area is 165 Å². The number of carbonyl (C=O) groups excluding carboxylic acids is 2. The normalized spacial score (nSPS) is 10.7. The minimum absolute atomic E-state index is 0.160. The first-order chi connectivity index (χ1) is 13.1. The van der Waals surface area contributed by atoms with Gasteiger partial charge in [-0.1, -0.05) is 35.9 Å². The topological polar surface area (TPSA) is 52.6 Å². The van der Waals surface area contributed by atoms with Crippen LogP contribution in [0.1, 0.15) is 25.6 Å². The van der Waals surface area contributed by atoms with E-state index in [1.807, 2.05) is 18.2 Å². The van der Waals surface area contributed by atoms with Crippen molar-refractivity contribution in [3.63, 3.8) is 0 Å². The molecule has 0 aliphatic heterocycles. The van der Waals surface area contributed by atoms with Crippen molar-refractivity contribution in [2.24, 2.45) is 0 Å². The quantitative estimate of drug-likeness (QED) is 0.237. The average Bonchev–Trinajstić information content (AvgIpc) is 3.22. The van der Waals surface area contributed by atoms with E-state index in [4.69, 9.17) is 21.1 Å². The molecule has 0 bridgehead atoms. The Morgan fingerprint density at radius 3 is 2.59 bits per heavy atom. The van der Waals surface area contributed by atoms with E-state index in [0.29, 0.717) is 15.6 Å². The minimum atomic E-state index is -0.518. The molecule has 2 aromatic carbocycles. The van der Waals surface area contributed by atoms with Crippen molar-refractivity contribution in [1.29, 1.82) is 0 Å². The summed E-state index contributed by atoms with van der Waals surface area (Å²) < 4.78 is 10.7. The fourth-order valence-electron chi connectivity index (χ4n) is 2.39. The molecule has 0 radical (unpaired) electrons. The lowest BCUT2D eigenvalue weighted by molar-refractivity contribution is 0.0738. The van der Waals surface area contributed by atoms with Gasteiger partial charge in [0.15, 0.2) is 5.78 Å². The number of ether oxygens (including phenoxy) is 2. The highest BCUT2D eigenvalue weighted by molar-refractivity contribution is 7.12. The van der Waals surface area contributed by atoms with E-state index in [2.05, 4.69) is 0 Å². The standard InChI is InChI=1S/C21H15ClO4S/c1-25-18-6-3-2-5-14(18)8-10-17(23)16-13-15(22)9-11-19(16)26-21(24)20-7-4-12-27-20/h2-13H,1H3. The predicted octanol–water partition coefficient (Wildman–Crippen LogP) is 5.53. The van der Waals surface area contributed by atoms with Gasteiger partial charge in [-0.2, -0.15) is 0 Å². The Morgan fingerprint density at radius 1 is 1.04 bits per heavy atom. The number of esters is 1. The van der Waals surface area contributed by atoms with E-state index in [9.17, 15) is 9.59 Å². The second-order valence-corrected chi connectivity index (χ2v) is 6.83. The van der Waals surface area contributed by atoms with Crippen LogP contribution < -0.4 is 9.47 Å². The third-order valence-corrected chi connectivity index (χ3v) is 4.77. The molecule has 0 atom stereocenters. The van der Waals surface area contributed by atoms with Crippen LogP contribution in [0.5, 0.6) is 11.5 Å². The third-order valence-electron chi connectivity index (χ3n) is 3.69. The Balaban J connectivity index is 1.86. The van der Waals surface area contributed by atoms with Crippen molar-refractivity contribution in [3.05, 3.63) is 87.1 Å². The number of thiophene rings is 1. The second kappa shape index (κ2) is 8.66. The maximum Gasteiger partial charge on any atom is 0.353 e. The lowest BCUT2D eigenvalue weighted by Crippen LogP contribution is -2.09. The first-order valence-electron chi connectivity index (χ1n) is 7.99. The molecule has 1 aromatic heterocycles. The first-order valence-corrected chi connectivity index (χ1v) is 9.25. The van der Waals surface area contributed by atoms with Crippen molar-refractivity contribution in [2.45, 2.75) is 0 Å². The van der Waals surface area contributed by atoms with E-state index >= 15 is 0 Å². The van der Waals surface area contributed by atoms with Gasteiger partial charge in [-0.05, 0) is 47.9 Å². The fourth-order valence-corrected chi connectivity index (χ4v) is 3.16. The molecule has 0 aliphatic carbocycles. The lowest BCUT2D eigenvalue weighted by Gasteiger charge is -2.08. The van der Waals surface area contributed by atoms with Crippen LogP contribution in [0.4, 0.5) is 0 Å². The summed E-state index contributed by atoms with van der Waals surface area (Å²) in [4.78, 5) is 25.3. The molecule has 0 N–H and O–H groups in total. The van der Waals surface area contributed by atoms with Gasteiger partial charge in [-0.25, -0.2) is 4.79 Å². The first kappa shape index (κ1) is 18.9. The molecular weight excluding hydrogens is 384 g/mol. The van der Waals surface area contributed by atoms with Crippen molar-refractivity contribution >= 4 is 40.8 Å². The van der Waals surface area contributed by atoms with Crippen LogP contribution in [0, 0.1) is 0 Å². The molecule has 0 saturated carbocycles. The number of halogens is 1. The fraction of sp³-hybridized carbons (Fsp3) is 0.0476. The molecule has 0 unspecified atom stereocenters. The van der Waals surface area contributed by atoms with E-state index in [-0.39, 0.29) is 17.1 Å².